The molecule has 0 N–H and O–H groups in total. The fourth-order valence-electron chi connectivity index (χ4n) is 0.731. The van der Waals surface area contributed by atoms with Crippen LogP contribution >= 0.6 is 11.9 Å². The van der Waals surface area contributed by atoms with Crippen LogP contribution in [0.15, 0.2) is 11.6 Å². The van der Waals surface area contributed by atoms with Gasteiger partial charge in [-0.3, -0.25) is 0 Å². The maximum absolute atomic E-state index is 10.8. The van der Waals surface area contributed by atoms with E-state index in [1.54, 1.807) is 13.0 Å². The van der Waals surface area contributed by atoms with Crippen LogP contribution in [0, 0.1) is 5.92 Å². The van der Waals surface area contributed by atoms with Gasteiger partial charge in [0.15, 0.2) is 0 Å². The molecule has 0 aliphatic rings. The van der Waals surface area contributed by atoms with Gasteiger partial charge in [-0.2, -0.15) is 0 Å². The number of carbonyl (C=O) groups excluding carboxylic acids is 1. The third kappa shape index (κ3) is 2.40. The molecule has 0 bridgehead atoms. The zero-order valence-electron chi connectivity index (χ0n) is 6.35. The lowest BCUT2D eigenvalue weighted by Crippen LogP contribution is -2.07. The van der Waals surface area contributed by atoms with Crippen molar-refractivity contribution in [1.82, 2.24) is 0 Å². The average Bonchev–Trinajstić information content (AvgIpc) is 1.88. The molecule has 0 amide bonds. The Morgan fingerprint density at radius 3 is 2.20 bits per heavy atom. The minimum absolute atomic E-state index is 0.163. The zero-order valence-corrected chi connectivity index (χ0v) is 7.11. The number of hydrogen-bond acceptors (Lipinski definition) is 2. The lowest BCUT2D eigenvalue weighted by molar-refractivity contribution is -0.130. The highest BCUT2D eigenvalue weighted by atomic mass is 35.5. The second kappa shape index (κ2) is 4.34. The summed E-state index contributed by atoms with van der Waals surface area (Å²) < 4.78 is 4.03. The minimum atomic E-state index is -0.459. The Balaban J connectivity index is 4.24. The summed E-state index contributed by atoms with van der Waals surface area (Å²) >= 11 is 4.88. The van der Waals surface area contributed by atoms with Crippen LogP contribution < -0.4 is 0 Å². The van der Waals surface area contributed by atoms with E-state index in [1.165, 1.54) is 0 Å². The summed E-state index contributed by atoms with van der Waals surface area (Å²) in [5.41, 5.74) is 0.606. The summed E-state index contributed by atoms with van der Waals surface area (Å²) in [6.07, 6.45) is 1.70. The number of rotatable bonds is 2. The Bertz CT molecular complexity index is 150. The first-order valence-electron chi connectivity index (χ1n) is 3.12. The van der Waals surface area contributed by atoms with Crippen molar-refractivity contribution in [2.24, 2.45) is 5.92 Å². The van der Waals surface area contributed by atoms with Crippen LogP contribution in [0.2, 0.25) is 0 Å². The smallest absolute Gasteiger partial charge is 0.343 e. The molecule has 10 heavy (non-hydrogen) atoms. The molecule has 0 saturated carbocycles. The van der Waals surface area contributed by atoms with Crippen molar-refractivity contribution in [3.8, 4) is 0 Å². The van der Waals surface area contributed by atoms with Crippen LogP contribution in [-0.2, 0) is 9.08 Å². The molecule has 0 aliphatic carbocycles. The van der Waals surface area contributed by atoms with Crippen molar-refractivity contribution in [1.29, 1.82) is 0 Å². The molecule has 0 radical (unpaired) electrons. The van der Waals surface area contributed by atoms with E-state index in [4.69, 9.17) is 11.9 Å². The van der Waals surface area contributed by atoms with E-state index < -0.39 is 5.97 Å². The second-order valence-corrected chi connectivity index (χ2v) is 2.42. The van der Waals surface area contributed by atoms with Crippen LogP contribution in [-0.4, -0.2) is 5.97 Å². The van der Waals surface area contributed by atoms with Gasteiger partial charge in [0, 0.05) is 5.57 Å². The van der Waals surface area contributed by atoms with Crippen molar-refractivity contribution < 1.29 is 9.08 Å². The summed E-state index contributed by atoms with van der Waals surface area (Å²) in [6, 6.07) is 0. The summed E-state index contributed by atoms with van der Waals surface area (Å²) in [4.78, 5) is 10.8. The summed E-state index contributed by atoms with van der Waals surface area (Å²) in [6.45, 7) is 5.59. The first-order chi connectivity index (χ1) is 4.63. The van der Waals surface area contributed by atoms with Gasteiger partial charge in [0.25, 0.3) is 0 Å². The molecule has 0 aromatic rings. The molecule has 0 atom stereocenters. The molecular weight excluding hydrogens is 152 g/mol. The highest BCUT2D eigenvalue weighted by Gasteiger charge is 2.12. The van der Waals surface area contributed by atoms with Gasteiger partial charge >= 0.3 is 5.97 Å². The van der Waals surface area contributed by atoms with Gasteiger partial charge in [-0.15, -0.1) is 0 Å². The van der Waals surface area contributed by atoms with E-state index in [0.29, 0.717) is 5.57 Å². The van der Waals surface area contributed by atoms with Crippen molar-refractivity contribution in [3.63, 3.8) is 0 Å². The van der Waals surface area contributed by atoms with Gasteiger partial charge in [0.1, 0.15) is 11.9 Å². The first-order valence-corrected chi connectivity index (χ1v) is 3.43. The van der Waals surface area contributed by atoms with Gasteiger partial charge in [0.2, 0.25) is 0 Å². The highest BCUT2D eigenvalue weighted by molar-refractivity contribution is 6.15. The maximum Gasteiger partial charge on any atom is 0.352 e. The molecule has 0 unspecified atom stereocenters. The SMILES string of the molecule is CC=C(C(=O)OCl)C(C)C. The van der Waals surface area contributed by atoms with Crippen LogP contribution in [0.25, 0.3) is 0 Å². The second-order valence-electron chi connectivity index (χ2n) is 2.26. The Labute approximate surface area is 66.0 Å². The Kier molecular flexibility index (Phi) is 4.12. The van der Waals surface area contributed by atoms with Gasteiger partial charge < -0.3 is 4.29 Å². The molecule has 0 aliphatic heterocycles. The maximum atomic E-state index is 10.8. The molecule has 2 nitrogen and oxygen atoms in total. The lowest BCUT2D eigenvalue weighted by atomic mass is 10.0. The average molecular weight is 163 g/mol. The molecule has 3 heteroatoms. The lowest BCUT2D eigenvalue weighted by Gasteiger charge is -2.04. The molecule has 58 valence electrons. The number of halogens is 1. The quantitative estimate of drug-likeness (QED) is 0.583. The van der Waals surface area contributed by atoms with Crippen molar-refractivity contribution in [2.45, 2.75) is 20.8 Å². The number of hydrogen-bond donors (Lipinski definition) is 0. The van der Waals surface area contributed by atoms with Gasteiger partial charge in [-0.05, 0) is 12.8 Å². The predicted molar refractivity (Wildman–Crippen MR) is 40.5 cm³/mol. The fraction of sp³-hybridized carbons (Fsp3) is 0.571. The monoisotopic (exact) mass is 162 g/mol. The number of allylic oxidation sites excluding steroid dienone is 1. The third-order valence-corrected chi connectivity index (χ3v) is 1.38. The Hall–Kier alpha value is -0.500. The van der Waals surface area contributed by atoms with E-state index in [2.05, 4.69) is 4.29 Å². The largest absolute Gasteiger partial charge is 0.352 e. The van der Waals surface area contributed by atoms with E-state index >= 15 is 0 Å². The van der Waals surface area contributed by atoms with Crippen LogP contribution in [0.4, 0.5) is 0 Å². The molecule has 0 spiro atoms. The topological polar surface area (TPSA) is 26.3 Å². The van der Waals surface area contributed by atoms with Crippen LogP contribution in [0.1, 0.15) is 20.8 Å². The molecular formula is C7H11ClO2. The third-order valence-electron chi connectivity index (χ3n) is 1.24. The first kappa shape index (κ1) is 9.50. The predicted octanol–water partition coefficient (Wildman–Crippen LogP) is 2.29. The summed E-state index contributed by atoms with van der Waals surface area (Å²) in [7, 11) is 0. The Morgan fingerprint density at radius 2 is 2.10 bits per heavy atom. The van der Waals surface area contributed by atoms with E-state index in [-0.39, 0.29) is 5.92 Å². The fourth-order valence-corrected chi connectivity index (χ4v) is 0.821. The minimum Gasteiger partial charge on any atom is -0.343 e. The van der Waals surface area contributed by atoms with E-state index in [1.807, 2.05) is 13.8 Å². The number of carbonyl (C=O) groups is 1. The summed E-state index contributed by atoms with van der Waals surface area (Å²) in [5.74, 6) is -0.296. The van der Waals surface area contributed by atoms with Crippen molar-refractivity contribution in [2.75, 3.05) is 0 Å². The highest BCUT2D eigenvalue weighted by Crippen LogP contribution is 2.11. The van der Waals surface area contributed by atoms with Crippen LogP contribution in [0.3, 0.4) is 0 Å². The molecule has 0 fully saturated rings. The summed E-state index contributed by atoms with van der Waals surface area (Å²) in [5, 5.41) is 0. The van der Waals surface area contributed by atoms with Gasteiger partial charge in [0.05, 0.1) is 0 Å². The standard InChI is InChI=1S/C7H11ClO2/c1-4-6(5(2)3)7(9)10-8/h4-5H,1-3H3. The van der Waals surface area contributed by atoms with E-state index in [0.717, 1.165) is 0 Å². The van der Waals surface area contributed by atoms with Crippen molar-refractivity contribution >= 4 is 17.8 Å². The molecule has 0 rings (SSSR count). The van der Waals surface area contributed by atoms with Gasteiger partial charge in [-0.1, -0.05) is 19.9 Å². The molecule has 0 aromatic heterocycles. The van der Waals surface area contributed by atoms with E-state index in [9.17, 15) is 4.79 Å². The molecule has 0 heterocycles. The zero-order chi connectivity index (χ0) is 8.15. The Morgan fingerprint density at radius 1 is 1.60 bits per heavy atom. The normalized spacial score (nSPS) is 11.9. The molecule has 0 saturated heterocycles. The van der Waals surface area contributed by atoms with Gasteiger partial charge in [-0.25, -0.2) is 4.79 Å². The van der Waals surface area contributed by atoms with Crippen molar-refractivity contribution in [3.05, 3.63) is 11.6 Å². The molecule has 0 aromatic carbocycles. The van der Waals surface area contributed by atoms with Crippen LogP contribution in [0.5, 0.6) is 0 Å².